The van der Waals surface area contributed by atoms with Gasteiger partial charge in [-0.1, -0.05) is 6.07 Å². The van der Waals surface area contributed by atoms with Crippen molar-refractivity contribution >= 4 is 11.9 Å². The van der Waals surface area contributed by atoms with E-state index in [1.54, 1.807) is 22.8 Å². The van der Waals surface area contributed by atoms with Crippen LogP contribution in [0.3, 0.4) is 0 Å². The molecule has 4 atom stereocenters. The highest BCUT2D eigenvalue weighted by atomic mass is 19.4. The maximum Gasteiger partial charge on any atom is 0.416 e. The molecule has 0 saturated carbocycles. The van der Waals surface area contributed by atoms with Crippen LogP contribution in [0.25, 0.3) is 0 Å². The van der Waals surface area contributed by atoms with Crippen LogP contribution in [0.5, 0.6) is 0 Å². The average molecular weight is 574 g/mol. The van der Waals surface area contributed by atoms with E-state index in [0.29, 0.717) is 42.8 Å². The fourth-order valence-corrected chi connectivity index (χ4v) is 5.89. The number of amides is 3. The molecule has 2 aliphatic heterocycles. The van der Waals surface area contributed by atoms with Crippen LogP contribution in [0, 0.1) is 24.6 Å². The third-order valence-corrected chi connectivity index (χ3v) is 8.19. The Morgan fingerprint density at radius 3 is 2.10 bits per heavy atom. The van der Waals surface area contributed by atoms with E-state index in [1.165, 1.54) is 33.0 Å². The molecular weight excluding hydrogens is 543 g/mol. The van der Waals surface area contributed by atoms with Gasteiger partial charge in [-0.3, -0.25) is 4.79 Å². The molecule has 0 aliphatic carbocycles. The minimum Gasteiger partial charge on any atom is -0.342 e. The molecule has 4 rings (SSSR count). The van der Waals surface area contributed by atoms with Crippen molar-refractivity contribution in [2.75, 3.05) is 26.7 Å². The van der Waals surface area contributed by atoms with Crippen LogP contribution in [0.15, 0.2) is 36.4 Å². The Morgan fingerprint density at radius 2 is 1.57 bits per heavy atom. The minimum absolute atomic E-state index is 0.0526. The van der Waals surface area contributed by atoms with Crippen molar-refractivity contribution in [3.8, 4) is 0 Å². The number of halogens is 7. The van der Waals surface area contributed by atoms with Gasteiger partial charge in [-0.05, 0) is 73.2 Å². The van der Waals surface area contributed by atoms with Crippen LogP contribution in [0.1, 0.15) is 60.2 Å². The lowest BCUT2D eigenvalue weighted by Crippen LogP contribution is -2.51. The molecule has 0 aromatic heterocycles. The lowest BCUT2D eigenvalue weighted by Gasteiger charge is -2.45. The molecule has 0 bridgehead atoms. The summed E-state index contributed by atoms with van der Waals surface area (Å²) in [6, 6.07) is 3.20. The van der Waals surface area contributed by atoms with Crippen molar-refractivity contribution < 1.29 is 40.3 Å². The summed E-state index contributed by atoms with van der Waals surface area (Å²) in [5.41, 5.74) is -1.96. The summed E-state index contributed by atoms with van der Waals surface area (Å²) in [5, 5.41) is 0. The molecule has 0 unspecified atom stereocenters. The molecule has 12 heteroatoms. The molecule has 3 amide bonds. The zero-order valence-electron chi connectivity index (χ0n) is 22.4. The molecular formula is C28H30F7N3O2. The number of nitrogens with zero attached hydrogens (tertiary/aromatic N) is 3. The zero-order chi connectivity index (χ0) is 29.7. The smallest absolute Gasteiger partial charge is 0.342 e. The highest BCUT2D eigenvalue weighted by Gasteiger charge is 2.47. The van der Waals surface area contributed by atoms with Crippen molar-refractivity contribution in [3.05, 3.63) is 70.0 Å². The number of carbonyl (C=O) groups is 2. The van der Waals surface area contributed by atoms with Gasteiger partial charge in [0.2, 0.25) is 5.91 Å². The van der Waals surface area contributed by atoms with Crippen LogP contribution in [0.2, 0.25) is 0 Å². The Kier molecular flexibility index (Phi) is 7.85. The third kappa shape index (κ3) is 5.76. The first-order valence-electron chi connectivity index (χ1n) is 12.8. The van der Waals surface area contributed by atoms with Crippen molar-refractivity contribution in [1.29, 1.82) is 0 Å². The second kappa shape index (κ2) is 10.6. The molecule has 0 radical (unpaired) electrons. The van der Waals surface area contributed by atoms with Gasteiger partial charge in [-0.25, -0.2) is 9.18 Å². The van der Waals surface area contributed by atoms with E-state index < -0.39 is 47.4 Å². The van der Waals surface area contributed by atoms with Gasteiger partial charge in [0.25, 0.3) is 0 Å². The maximum atomic E-state index is 14.0. The third-order valence-electron chi connectivity index (χ3n) is 8.19. The van der Waals surface area contributed by atoms with Crippen LogP contribution < -0.4 is 0 Å². The van der Waals surface area contributed by atoms with Crippen molar-refractivity contribution in [2.24, 2.45) is 11.8 Å². The topological polar surface area (TPSA) is 43.9 Å². The first kappa shape index (κ1) is 29.7. The number of rotatable bonds is 3. The van der Waals surface area contributed by atoms with Gasteiger partial charge in [0.1, 0.15) is 5.82 Å². The molecule has 218 valence electrons. The molecule has 40 heavy (non-hydrogen) atoms. The predicted molar refractivity (Wildman–Crippen MR) is 132 cm³/mol. The van der Waals surface area contributed by atoms with Crippen LogP contribution in [-0.4, -0.2) is 53.3 Å². The number of likely N-dealkylation sites (tertiary alicyclic amines) is 2. The first-order chi connectivity index (χ1) is 18.5. The lowest BCUT2D eigenvalue weighted by atomic mass is 9.78. The highest BCUT2D eigenvalue weighted by molar-refractivity contribution is 5.76. The van der Waals surface area contributed by atoms with Crippen LogP contribution in [0.4, 0.5) is 35.5 Å². The molecule has 2 aromatic rings. The molecule has 2 saturated heterocycles. The Bertz CT molecular complexity index is 1260. The molecule has 5 nitrogen and oxygen atoms in total. The summed E-state index contributed by atoms with van der Waals surface area (Å²) < 4.78 is 94.7. The normalized spacial score (nSPS) is 22.2. The fraction of sp³-hybridized carbons (Fsp3) is 0.500. The second-order valence-corrected chi connectivity index (χ2v) is 10.7. The summed E-state index contributed by atoms with van der Waals surface area (Å²) >= 11 is 0. The Balaban J connectivity index is 1.71. The number of hydrogen-bond donors (Lipinski definition) is 0. The fourth-order valence-electron chi connectivity index (χ4n) is 5.89. The van der Waals surface area contributed by atoms with Crippen LogP contribution >= 0.6 is 0 Å². The zero-order valence-corrected chi connectivity index (χ0v) is 22.4. The van der Waals surface area contributed by atoms with E-state index in [0.717, 1.165) is 4.90 Å². The lowest BCUT2D eigenvalue weighted by molar-refractivity contribution is -0.143. The van der Waals surface area contributed by atoms with E-state index in [9.17, 15) is 40.3 Å². The number of piperidine rings is 1. The van der Waals surface area contributed by atoms with Crippen LogP contribution in [-0.2, 0) is 17.1 Å². The van der Waals surface area contributed by atoms with E-state index in [2.05, 4.69) is 0 Å². The van der Waals surface area contributed by atoms with Gasteiger partial charge in [-0.15, -0.1) is 0 Å². The maximum absolute atomic E-state index is 14.0. The van der Waals surface area contributed by atoms with Crippen molar-refractivity contribution in [2.45, 2.75) is 51.6 Å². The molecule has 2 heterocycles. The summed E-state index contributed by atoms with van der Waals surface area (Å²) in [5.74, 6) is -0.681. The first-order valence-corrected chi connectivity index (χ1v) is 12.8. The number of aryl methyl sites for hydroxylation is 1. The summed E-state index contributed by atoms with van der Waals surface area (Å²) in [7, 11) is 1.33. The highest BCUT2D eigenvalue weighted by Crippen LogP contribution is 2.46. The monoisotopic (exact) mass is 573 g/mol. The molecule has 0 N–H and O–H groups in total. The van der Waals surface area contributed by atoms with E-state index in [-0.39, 0.29) is 35.9 Å². The van der Waals surface area contributed by atoms with Gasteiger partial charge in [0.15, 0.2) is 0 Å². The standard InChI is InChI=1S/C28H30F7N3O2/c1-15-9-22(29)5-6-23(15)25-24-14-37(17(3)39)13-18(24)7-8-38(25)26(40)36(4)16(2)19-10-20(27(30,31)32)12-21(11-19)28(33,34)35/h5-6,9-12,16,18,24-25H,7-8,13-14H2,1-4H3/t16-,18-,24-,25+/m1/s1. The van der Waals surface area contributed by atoms with Crippen molar-refractivity contribution in [1.82, 2.24) is 14.7 Å². The molecule has 2 fully saturated rings. The Labute approximate surface area is 227 Å². The number of benzene rings is 2. The second-order valence-electron chi connectivity index (χ2n) is 10.7. The SMILES string of the molecule is CC(=O)N1C[C@H]2CCN(C(=O)N(C)[C@H](C)c3cc(C(F)(F)F)cc(C(F)(F)F)c3)[C@@H](c3ccc(F)cc3C)[C@@H]2C1. The van der Waals surface area contributed by atoms with Gasteiger partial charge in [0.05, 0.1) is 23.2 Å². The Morgan fingerprint density at radius 1 is 0.975 bits per heavy atom. The van der Waals surface area contributed by atoms with E-state index in [4.69, 9.17) is 0 Å². The number of fused-ring (bicyclic) bond motifs is 1. The summed E-state index contributed by atoms with van der Waals surface area (Å²) in [4.78, 5) is 30.4. The van der Waals surface area contributed by atoms with Crippen molar-refractivity contribution in [3.63, 3.8) is 0 Å². The Hall–Kier alpha value is -3.31. The number of urea groups is 1. The largest absolute Gasteiger partial charge is 0.416 e. The number of carbonyl (C=O) groups excluding carboxylic acids is 2. The van der Waals surface area contributed by atoms with E-state index >= 15 is 0 Å². The quantitative estimate of drug-likeness (QED) is 0.378. The minimum atomic E-state index is -5.02. The predicted octanol–water partition coefficient (Wildman–Crippen LogP) is 6.83. The molecule has 2 aliphatic rings. The van der Waals surface area contributed by atoms with E-state index in [1.807, 2.05) is 0 Å². The van der Waals surface area contributed by atoms with Gasteiger partial charge in [-0.2, -0.15) is 26.3 Å². The number of hydrogen-bond acceptors (Lipinski definition) is 2. The van der Waals surface area contributed by atoms with Gasteiger partial charge < -0.3 is 14.7 Å². The molecule has 2 aromatic carbocycles. The van der Waals surface area contributed by atoms with Gasteiger partial charge >= 0.3 is 18.4 Å². The summed E-state index contributed by atoms with van der Waals surface area (Å²) in [6.07, 6.45) is -9.48. The number of alkyl halides is 6. The summed E-state index contributed by atoms with van der Waals surface area (Å²) in [6.45, 7) is 5.66. The average Bonchev–Trinajstić information content (AvgIpc) is 3.31. The van der Waals surface area contributed by atoms with Gasteiger partial charge in [0, 0.05) is 39.5 Å². The molecule has 0 spiro atoms.